The van der Waals surface area contributed by atoms with E-state index in [1.54, 1.807) is 0 Å². The van der Waals surface area contributed by atoms with Crippen LogP contribution >= 0.6 is 0 Å². The Morgan fingerprint density at radius 3 is 2.33 bits per heavy atom. The number of carbonyl (C=O) groups excluding carboxylic acids is 1. The average Bonchev–Trinajstić information content (AvgIpc) is 2.91. The molecule has 0 aromatic heterocycles. The van der Waals surface area contributed by atoms with Crippen LogP contribution in [0.4, 0.5) is 0 Å². The molecule has 0 radical (unpaired) electrons. The summed E-state index contributed by atoms with van der Waals surface area (Å²) in [4.78, 5) is 23.1. The monoisotopic (exact) mass is 290 g/mol. The number of aromatic carboxylic acids is 1. The number of carboxylic acid groups (broad SMARTS) is 1. The second-order valence-corrected chi connectivity index (χ2v) is 5.77. The minimum atomic E-state index is -0.986. The molecule has 2 rings (SSSR count). The van der Waals surface area contributed by atoms with Gasteiger partial charge < -0.3 is 9.84 Å². The lowest BCUT2D eigenvalue weighted by Gasteiger charge is -2.16. The maximum absolute atomic E-state index is 12.3. The molecule has 0 bridgehead atoms. The van der Waals surface area contributed by atoms with E-state index in [0.717, 1.165) is 25.7 Å². The molecular weight excluding hydrogens is 268 g/mol. The molecule has 1 saturated carbocycles. The van der Waals surface area contributed by atoms with E-state index in [1.807, 2.05) is 0 Å². The van der Waals surface area contributed by atoms with E-state index in [2.05, 4.69) is 13.8 Å². The van der Waals surface area contributed by atoms with Crippen LogP contribution in [-0.4, -0.2) is 17.0 Å². The van der Waals surface area contributed by atoms with E-state index in [4.69, 9.17) is 9.84 Å². The third-order valence-electron chi connectivity index (χ3n) is 4.52. The predicted molar refractivity (Wildman–Crippen MR) is 79.3 cm³/mol. The van der Waals surface area contributed by atoms with E-state index < -0.39 is 5.97 Å². The van der Waals surface area contributed by atoms with Gasteiger partial charge in [0.05, 0.1) is 11.5 Å². The summed E-state index contributed by atoms with van der Waals surface area (Å²) in [6.07, 6.45) is 4.10. The van der Waals surface area contributed by atoms with Gasteiger partial charge in [0, 0.05) is 0 Å². The first-order valence-electron chi connectivity index (χ1n) is 7.60. The first kappa shape index (κ1) is 15.5. The third-order valence-corrected chi connectivity index (χ3v) is 4.52. The highest BCUT2D eigenvalue weighted by Crippen LogP contribution is 2.40. The Balaban J connectivity index is 2.02. The van der Waals surface area contributed by atoms with Gasteiger partial charge in [0.2, 0.25) is 0 Å². The van der Waals surface area contributed by atoms with E-state index in [0.29, 0.717) is 17.6 Å². The molecule has 0 heterocycles. The Morgan fingerprint density at radius 2 is 1.81 bits per heavy atom. The summed E-state index contributed by atoms with van der Waals surface area (Å²) < 4.78 is 5.43. The Bertz CT molecular complexity index is 506. The van der Waals surface area contributed by atoms with E-state index in [-0.39, 0.29) is 17.5 Å². The second kappa shape index (κ2) is 6.74. The first-order valence-corrected chi connectivity index (χ1v) is 7.60. The maximum Gasteiger partial charge on any atom is 0.335 e. The van der Waals surface area contributed by atoms with Crippen molar-refractivity contribution in [1.82, 2.24) is 0 Å². The second-order valence-electron chi connectivity index (χ2n) is 5.77. The molecule has 0 aliphatic heterocycles. The zero-order valence-corrected chi connectivity index (χ0v) is 12.5. The van der Waals surface area contributed by atoms with Gasteiger partial charge in [0.15, 0.2) is 0 Å². The number of carboxylic acids is 1. The van der Waals surface area contributed by atoms with Gasteiger partial charge >= 0.3 is 11.9 Å². The number of carbonyl (C=O) groups is 2. The molecule has 4 heteroatoms. The molecule has 0 spiro atoms. The number of benzene rings is 1. The SMILES string of the molecule is CCC1CC(CC)C(C(=O)Oc2ccc(C(=O)O)cc2)C1. The smallest absolute Gasteiger partial charge is 0.335 e. The molecule has 21 heavy (non-hydrogen) atoms. The van der Waals surface area contributed by atoms with Crippen LogP contribution in [-0.2, 0) is 4.79 Å². The average molecular weight is 290 g/mol. The fourth-order valence-corrected chi connectivity index (χ4v) is 3.17. The summed E-state index contributed by atoms with van der Waals surface area (Å²) in [5, 5.41) is 8.85. The van der Waals surface area contributed by atoms with Crippen molar-refractivity contribution in [3.63, 3.8) is 0 Å². The molecule has 0 amide bonds. The van der Waals surface area contributed by atoms with Crippen molar-refractivity contribution >= 4 is 11.9 Å². The van der Waals surface area contributed by atoms with Gasteiger partial charge in [0.25, 0.3) is 0 Å². The molecule has 0 saturated heterocycles. The standard InChI is InChI=1S/C17H22O4/c1-3-11-9-12(4-2)15(10-11)17(20)21-14-7-5-13(6-8-14)16(18)19/h5-8,11-12,15H,3-4,9-10H2,1-2H3,(H,18,19). The molecule has 4 nitrogen and oxygen atoms in total. The van der Waals surface area contributed by atoms with Crippen molar-refractivity contribution < 1.29 is 19.4 Å². The molecule has 3 unspecified atom stereocenters. The molecule has 3 atom stereocenters. The molecule has 1 N–H and O–H groups in total. The number of esters is 1. The largest absolute Gasteiger partial charge is 0.478 e. The Labute approximate surface area is 125 Å². The van der Waals surface area contributed by atoms with Gasteiger partial charge in [-0.1, -0.05) is 26.7 Å². The zero-order valence-electron chi connectivity index (χ0n) is 12.5. The van der Waals surface area contributed by atoms with Crippen molar-refractivity contribution in [1.29, 1.82) is 0 Å². The number of hydrogen-bond acceptors (Lipinski definition) is 3. The fraction of sp³-hybridized carbons (Fsp3) is 0.529. The van der Waals surface area contributed by atoms with Crippen LogP contribution in [0.1, 0.15) is 49.9 Å². The zero-order chi connectivity index (χ0) is 15.4. The van der Waals surface area contributed by atoms with Gasteiger partial charge in [-0.2, -0.15) is 0 Å². The summed E-state index contributed by atoms with van der Waals surface area (Å²) in [5.41, 5.74) is 0.188. The minimum absolute atomic E-state index is 0.0286. The summed E-state index contributed by atoms with van der Waals surface area (Å²) >= 11 is 0. The molecule has 1 aromatic rings. The van der Waals surface area contributed by atoms with E-state index in [1.165, 1.54) is 24.3 Å². The summed E-state index contributed by atoms with van der Waals surface area (Å²) in [6, 6.07) is 5.97. The van der Waals surface area contributed by atoms with Crippen LogP contribution in [0.25, 0.3) is 0 Å². The Morgan fingerprint density at radius 1 is 1.14 bits per heavy atom. The van der Waals surface area contributed by atoms with Crippen LogP contribution in [0.15, 0.2) is 24.3 Å². The van der Waals surface area contributed by atoms with Crippen LogP contribution < -0.4 is 4.74 Å². The highest BCUT2D eigenvalue weighted by molar-refractivity contribution is 5.87. The van der Waals surface area contributed by atoms with E-state index in [9.17, 15) is 9.59 Å². The third kappa shape index (κ3) is 3.63. The lowest BCUT2D eigenvalue weighted by atomic mass is 9.94. The Hall–Kier alpha value is -1.84. The van der Waals surface area contributed by atoms with Gasteiger partial charge in [-0.15, -0.1) is 0 Å². The van der Waals surface area contributed by atoms with Gasteiger partial charge in [-0.05, 0) is 48.9 Å². The van der Waals surface area contributed by atoms with Crippen LogP contribution in [0, 0.1) is 17.8 Å². The van der Waals surface area contributed by atoms with Crippen molar-refractivity contribution in [2.45, 2.75) is 39.5 Å². The van der Waals surface area contributed by atoms with Crippen molar-refractivity contribution in [3.05, 3.63) is 29.8 Å². The molecule has 1 fully saturated rings. The lowest BCUT2D eigenvalue weighted by Crippen LogP contribution is -2.23. The lowest BCUT2D eigenvalue weighted by molar-refractivity contribution is -0.140. The minimum Gasteiger partial charge on any atom is -0.478 e. The summed E-state index contributed by atoms with van der Waals surface area (Å²) in [7, 11) is 0. The molecule has 1 aliphatic rings. The topological polar surface area (TPSA) is 63.6 Å². The molecule has 1 aliphatic carbocycles. The fourth-order valence-electron chi connectivity index (χ4n) is 3.17. The van der Waals surface area contributed by atoms with Crippen molar-refractivity contribution in [2.24, 2.45) is 17.8 Å². The predicted octanol–water partition coefficient (Wildman–Crippen LogP) is 3.75. The first-order chi connectivity index (χ1) is 10.0. The van der Waals surface area contributed by atoms with Crippen molar-refractivity contribution in [2.75, 3.05) is 0 Å². The highest BCUT2D eigenvalue weighted by atomic mass is 16.5. The normalized spacial score (nSPS) is 24.8. The quantitative estimate of drug-likeness (QED) is 0.662. The van der Waals surface area contributed by atoms with Gasteiger partial charge in [-0.3, -0.25) is 4.79 Å². The maximum atomic E-state index is 12.3. The highest BCUT2D eigenvalue weighted by Gasteiger charge is 2.38. The Kier molecular flexibility index (Phi) is 4.99. The number of rotatable bonds is 5. The van der Waals surface area contributed by atoms with Crippen LogP contribution in [0.3, 0.4) is 0 Å². The van der Waals surface area contributed by atoms with Crippen molar-refractivity contribution in [3.8, 4) is 5.75 Å². The molecule has 1 aromatic carbocycles. The van der Waals surface area contributed by atoms with Crippen LogP contribution in [0.5, 0.6) is 5.75 Å². The summed E-state index contributed by atoms with van der Waals surface area (Å²) in [6.45, 7) is 4.28. The van der Waals surface area contributed by atoms with Gasteiger partial charge in [0.1, 0.15) is 5.75 Å². The number of ether oxygens (including phenoxy) is 1. The van der Waals surface area contributed by atoms with E-state index >= 15 is 0 Å². The summed E-state index contributed by atoms with van der Waals surface area (Å²) in [5.74, 6) is 0.239. The molecular formula is C17H22O4. The number of hydrogen-bond donors (Lipinski definition) is 1. The van der Waals surface area contributed by atoms with Crippen LogP contribution in [0.2, 0.25) is 0 Å². The molecule has 114 valence electrons. The van der Waals surface area contributed by atoms with Gasteiger partial charge in [-0.25, -0.2) is 4.79 Å².